The SMILES string of the molecule is COC(c1cc(F)c([C@@H]2c3[nH]c4ccccc4c3C[C@@H](C)N2CC(F)(F)CO[Si](c2ccccc2)(c2ccccc2)C(C)(C)C)c(F)c1)C1CN(CCCF)C1. The van der Waals surface area contributed by atoms with Crippen LogP contribution in [0, 0.1) is 17.6 Å². The van der Waals surface area contributed by atoms with Crippen molar-refractivity contribution < 1.29 is 31.1 Å². The number of aromatic nitrogens is 1. The van der Waals surface area contributed by atoms with Crippen molar-refractivity contribution in [3.8, 4) is 0 Å². The highest BCUT2D eigenvalue weighted by Gasteiger charge is 2.53. The summed E-state index contributed by atoms with van der Waals surface area (Å²) in [4.78, 5) is 7.01. The van der Waals surface area contributed by atoms with Crippen LogP contribution in [0.5, 0.6) is 0 Å². The zero-order chi connectivity index (χ0) is 39.8. The molecule has 2 aliphatic rings. The van der Waals surface area contributed by atoms with Gasteiger partial charge in [0.2, 0.25) is 0 Å². The summed E-state index contributed by atoms with van der Waals surface area (Å²) >= 11 is 0. The molecule has 0 radical (unpaired) electrons. The molecular formula is C45H52F5N3O2Si. The molecule has 0 aliphatic carbocycles. The van der Waals surface area contributed by atoms with Crippen LogP contribution >= 0.6 is 0 Å². The Labute approximate surface area is 327 Å². The van der Waals surface area contributed by atoms with Gasteiger partial charge in [-0.15, -0.1) is 0 Å². The average Bonchev–Trinajstić information content (AvgIpc) is 3.51. The van der Waals surface area contributed by atoms with Crippen LogP contribution < -0.4 is 10.4 Å². The monoisotopic (exact) mass is 789 g/mol. The van der Waals surface area contributed by atoms with E-state index >= 15 is 17.6 Å². The first-order valence-corrected chi connectivity index (χ1v) is 21.5. The molecule has 11 heteroatoms. The molecule has 1 saturated heterocycles. The van der Waals surface area contributed by atoms with Gasteiger partial charge in [0.1, 0.15) is 11.6 Å². The number of methoxy groups -OCH3 is 1. The summed E-state index contributed by atoms with van der Waals surface area (Å²) in [6, 6.07) is 27.8. The lowest BCUT2D eigenvalue weighted by molar-refractivity contribution is -0.0825. The second kappa shape index (κ2) is 16.2. The molecule has 1 fully saturated rings. The molecule has 298 valence electrons. The van der Waals surface area contributed by atoms with E-state index in [4.69, 9.17) is 9.16 Å². The minimum absolute atomic E-state index is 0.0231. The number of nitrogens with one attached hydrogen (secondary N) is 1. The van der Waals surface area contributed by atoms with Gasteiger partial charge >= 0.3 is 0 Å². The first kappa shape index (κ1) is 40.3. The van der Waals surface area contributed by atoms with Crippen molar-refractivity contribution in [2.45, 2.75) is 69.7 Å². The molecule has 1 N–H and O–H groups in total. The molecule has 7 rings (SSSR count). The van der Waals surface area contributed by atoms with Gasteiger partial charge in [-0.25, -0.2) is 17.6 Å². The van der Waals surface area contributed by atoms with Gasteiger partial charge in [0.05, 0.1) is 32.0 Å². The summed E-state index contributed by atoms with van der Waals surface area (Å²) in [5.74, 6) is -5.08. The molecule has 0 saturated carbocycles. The molecule has 1 unspecified atom stereocenters. The molecule has 0 bridgehead atoms. The lowest BCUT2D eigenvalue weighted by atomic mass is 9.85. The van der Waals surface area contributed by atoms with Crippen molar-refractivity contribution in [3.05, 3.63) is 131 Å². The third kappa shape index (κ3) is 7.60. The van der Waals surface area contributed by atoms with Crippen LogP contribution in [0.4, 0.5) is 22.0 Å². The molecular weight excluding hydrogens is 738 g/mol. The lowest BCUT2D eigenvalue weighted by Gasteiger charge is -2.45. The number of fused-ring (bicyclic) bond motifs is 3. The van der Waals surface area contributed by atoms with Crippen LogP contribution in [0.2, 0.25) is 5.04 Å². The van der Waals surface area contributed by atoms with Crippen molar-refractivity contribution in [1.82, 2.24) is 14.8 Å². The van der Waals surface area contributed by atoms with E-state index < -0.39 is 68.9 Å². The number of halogens is 5. The molecule has 1 aromatic heterocycles. The van der Waals surface area contributed by atoms with Crippen LogP contribution in [0.25, 0.3) is 10.9 Å². The number of hydrogen-bond donors (Lipinski definition) is 1. The quantitative estimate of drug-likeness (QED) is 0.0902. The van der Waals surface area contributed by atoms with E-state index in [2.05, 4.69) is 9.88 Å². The Balaban J connectivity index is 1.25. The van der Waals surface area contributed by atoms with Crippen molar-refractivity contribution in [2.24, 2.45) is 5.92 Å². The maximum absolute atomic E-state index is 16.9. The predicted octanol–water partition coefficient (Wildman–Crippen LogP) is 8.97. The van der Waals surface area contributed by atoms with Crippen molar-refractivity contribution in [3.63, 3.8) is 0 Å². The molecule has 5 aromatic rings. The van der Waals surface area contributed by atoms with Crippen LogP contribution in [0.15, 0.2) is 97.1 Å². The smallest absolute Gasteiger partial charge is 0.282 e. The minimum atomic E-state index is -3.41. The van der Waals surface area contributed by atoms with Gasteiger partial charge in [0.25, 0.3) is 14.2 Å². The third-order valence-corrected chi connectivity index (χ3v) is 16.8. The number of rotatable bonds is 14. The van der Waals surface area contributed by atoms with E-state index in [0.717, 1.165) is 26.8 Å². The van der Waals surface area contributed by atoms with E-state index in [1.165, 1.54) is 24.1 Å². The van der Waals surface area contributed by atoms with Crippen molar-refractivity contribution in [2.75, 3.05) is 46.6 Å². The first-order chi connectivity index (χ1) is 26.8. The number of nitrogens with zero attached hydrogens (tertiary/aromatic N) is 2. The maximum Gasteiger partial charge on any atom is 0.282 e. The lowest BCUT2D eigenvalue weighted by Crippen LogP contribution is -2.67. The van der Waals surface area contributed by atoms with Gasteiger partial charge in [-0.05, 0) is 64.5 Å². The van der Waals surface area contributed by atoms with E-state index in [0.29, 0.717) is 43.7 Å². The number of hydrogen-bond acceptors (Lipinski definition) is 4. The number of alkyl halides is 3. The van der Waals surface area contributed by atoms with Gasteiger partial charge < -0.3 is 19.0 Å². The molecule has 2 aliphatic heterocycles. The fourth-order valence-electron chi connectivity index (χ4n) is 9.25. The van der Waals surface area contributed by atoms with Gasteiger partial charge in [0.15, 0.2) is 0 Å². The van der Waals surface area contributed by atoms with Crippen LogP contribution in [0.3, 0.4) is 0 Å². The summed E-state index contributed by atoms with van der Waals surface area (Å²) in [6.07, 6.45) is 0.261. The average molecular weight is 790 g/mol. The second-order valence-electron chi connectivity index (χ2n) is 16.6. The summed E-state index contributed by atoms with van der Waals surface area (Å²) in [5, 5.41) is 2.15. The van der Waals surface area contributed by atoms with E-state index in [1.807, 2.05) is 113 Å². The minimum Gasteiger partial charge on any atom is -0.401 e. The van der Waals surface area contributed by atoms with Crippen LogP contribution in [-0.4, -0.2) is 81.6 Å². The number of H-pyrrole nitrogens is 1. The Morgan fingerprint density at radius 1 is 0.875 bits per heavy atom. The fraction of sp³-hybridized carbons (Fsp3) is 0.422. The summed E-state index contributed by atoms with van der Waals surface area (Å²) < 4.78 is 92.4. The van der Waals surface area contributed by atoms with Crippen molar-refractivity contribution >= 4 is 29.6 Å². The molecule has 5 nitrogen and oxygen atoms in total. The van der Waals surface area contributed by atoms with E-state index in [-0.39, 0.29) is 11.5 Å². The second-order valence-corrected chi connectivity index (χ2v) is 20.9. The van der Waals surface area contributed by atoms with Crippen LogP contribution in [0.1, 0.15) is 68.6 Å². The molecule has 0 amide bonds. The zero-order valence-electron chi connectivity index (χ0n) is 32.8. The molecule has 56 heavy (non-hydrogen) atoms. The highest BCUT2D eigenvalue weighted by Crippen LogP contribution is 2.45. The maximum atomic E-state index is 16.9. The van der Waals surface area contributed by atoms with Crippen molar-refractivity contribution in [1.29, 1.82) is 0 Å². The topological polar surface area (TPSA) is 40.7 Å². The standard InChI is InChI=1S/C45H52F5N3O2Si/c1-30-23-36-35-19-12-13-20-39(35)51-41(36)42(40-37(47)24-31(25-38(40)48)43(54-5)32-26-52(27-32)22-14-21-46)53(30)28-45(49,50)29-55-56(44(2,3)4,33-15-8-6-9-16-33)34-17-10-7-11-18-34/h6-13,15-20,24-25,30,32,42-43,51H,14,21-23,26-29H2,1-5H3/t30-,42-,43?/m1/s1. The third-order valence-electron chi connectivity index (χ3n) is 11.8. The largest absolute Gasteiger partial charge is 0.401 e. The van der Waals surface area contributed by atoms with E-state index in [1.54, 1.807) is 0 Å². The highest BCUT2D eigenvalue weighted by atomic mass is 28.4. The fourth-order valence-corrected chi connectivity index (χ4v) is 13.8. The van der Waals surface area contributed by atoms with Gasteiger partial charge in [-0.1, -0.05) is 99.6 Å². The Bertz CT molecular complexity index is 2040. The summed E-state index contributed by atoms with van der Waals surface area (Å²) in [5.41, 5.74) is 2.20. The molecule has 3 heterocycles. The highest BCUT2D eigenvalue weighted by molar-refractivity contribution is 6.99. The summed E-state index contributed by atoms with van der Waals surface area (Å²) in [6.45, 7) is 7.75. The number of likely N-dealkylation sites (tertiary alicyclic amines) is 1. The number of aromatic amines is 1. The molecule has 4 aromatic carbocycles. The van der Waals surface area contributed by atoms with E-state index in [9.17, 15) is 4.39 Å². The van der Waals surface area contributed by atoms with Gasteiger partial charge in [0, 0.05) is 60.9 Å². The number of para-hydroxylation sites is 1. The Hall–Kier alpha value is -3.87. The van der Waals surface area contributed by atoms with Crippen LogP contribution in [-0.2, 0) is 15.6 Å². The predicted molar refractivity (Wildman–Crippen MR) is 215 cm³/mol. The Morgan fingerprint density at radius 3 is 2.04 bits per heavy atom. The molecule has 0 spiro atoms. The first-order valence-electron chi connectivity index (χ1n) is 19.6. The number of ether oxygens (including phenoxy) is 1. The normalized spacial score (nSPS) is 19.2. The Morgan fingerprint density at radius 2 is 1.46 bits per heavy atom. The molecule has 3 atom stereocenters. The van der Waals surface area contributed by atoms with Gasteiger partial charge in [-0.3, -0.25) is 9.29 Å². The summed E-state index contributed by atoms with van der Waals surface area (Å²) in [7, 11) is -1.81. The zero-order valence-corrected chi connectivity index (χ0v) is 33.8. The van der Waals surface area contributed by atoms with Gasteiger partial charge in [-0.2, -0.15) is 0 Å². The Kier molecular flexibility index (Phi) is 11.6. The number of benzene rings is 4.